The molecule has 0 radical (unpaired) electrons. The molecule has 1 N–H and O–H groups in total. The summed E-state index contributed by atoms with van der Waals surface area (Å²) in [5, 5.41) is 3.54. The fourth-order valence-electron chi connectivity index (χ4n) is 4.62. The third-order valence-corrected chi connectivity index (χ3v) is 6.68. The number of hydrogen-bond donors (Lipinski definition) is 1. The highest BCUT2D eigenvalue weighted by molar-refractivity contribution is 6.30. The van der Waals surface area contributed by atoms with Gasteiger partial charge in [0, 0.05) is 36.1 Å². The molecule has 8 heteroatoms. The number of nitrogens with one attached hydrogen (secondary N) is 1. The largest absolute Gasteiger partial charge is 0.497 e. The summed E-state index contributed by atoms with van der Waals surface area (Å²) in [6.07, 6.45) is 0. The van der Waals surface area contributed by atoms with Crippen LogP contribution in [0.1, 0.15) is 27.4 Å². The van der Waals surface area contributed by atoms with Gasteiger partial charge in [-0.05, 0) is 53.6 Å². The predicted molar refractivity (Wildman–Crippen MR) is 131 cm³/mol. The van der Waals surface area contributed by atoms with Crippen LogP contribution in [0.3, 0.4) is 0 Å². The van der Waals surface area contributed by atoms with E-state index >= 15 is 0 Å². The third kappa shape index (κ3) is 4.91. The summed E-state index contributed by atoms with van der Waals surface area (Å²) < 4.78 is 16.2. The van der Waals surface area contributed by atoms with Crippen LogP contribution in [0.2, 0.25) is 5.02 Å². The van der Waals surface area contributed by atoms with Crippen molar-refractivity contribution < 1.29 is 23.8 Å². The SMILES string of the molecule is COc1cccc([C@@H]2CN(C(=O)c3cccc(Cl)c3)C[C@@H]2C(=O)NCc2ccc3c(c2)OCO3)c1. The van der Waals surface area contributed by atoms with Crippen LogP contribution in [0.5, 0.6) is 17.2 Å². The molecule has 180 valence electrons. The van der Waals surface area contributed by atoms with Gasteiger partial charge >= 0.3 is 0 Å². The van der Waals surface area contributed by atoms with Crippen LogP contribution in [0, 0.1) is 5.92 Å². The van der Waals surface area contributed by atoms with Crippen LogP contribution in [-0.2, 0) is 11.3 Å². The predicted octanol–water partition coefficient (Wildman–Crippen LogP) is 4.25. The second-order valence-corrected chi connectivity index (χ2v) is 9.05. The normalized spacial score (nSPS) is 18.4. The van der Waals surface area contributed by atoms with E-state index in [-0.39, 0.29) is 24.5 Å². The van der Waals surface area contributed by atoms with E-state index in [1.54, 1.807) is 36.3 Å². The van der Waals surface area contributed by atoms with Crippen LogP contribution in [0.4, 0.5) is 0 Å². The molecule has 0 bridgehead atoms. The van der Waals surface area contributed by atoms with Crippen molar-refractivity contribution in [3.05, 3.63) is 88.4 Å². The van der Waals surface area contributed by atoms with Crippen molar-refractivity contribution in [3.8, 4) is 17.2 Å². The van der Waals surface area contributed by atoms with Gasteiger partial charge in [0.2, 0.25) is 12.7 Å². The van der Waals surface area contributed by atoms with Crippen molar-refractivity contribution in [1.82, 2.24) is 10.2 Å². The zero-order valence-electron chi connectivity index (χ0n) is 19.2. The van der Waals surface area contributed by atoms with E-state index in [9.17, 15) is 9.59 Å². The number of nitrogens with zero attached hydrogens (tertiary/aromatic N) is 1. The number of rotatable bonds is 6. The molecule has 0 aliphatic carbocycles. The van der Waals surface area contributed by atoms with Crippen LogP contribution in [0.15, 0.2) is 66.7 Å². The van der Waals surface area contributed by atoms with Crippen molar-refractivity contribution in [1.29, 1.82) is 0 Å². The average molecular weight is 493 g/mol. The van der Waals surface area contributed by atoms with Gasteiger partial charge < -0.3 is 24.4 Å². The van der Waals surface area contributed by atoms with Crippen molar-refractivity contribution in [2.24, 2.45) is 5.92 Å². The molecular formula is C27H25ClN2O5. The third-order valence-electron chi connectivity index (χ3n) is 6.44. The fourth-order valence-corrected chi connectivity index (χ4v) is 4.81. The molecule has 0 aromatic heterocycles. The molecular weight excluding hydrogens is 468 g/mol. The summed E-state index contributed by atoms with van der Waals surface area (Å²) in [4.78, 5) is 28.4. The maximum Gasteiger partial charge on any atom is 0.253 e. The Balaban J connectivity index is 1.36. The van der Waals surface area contributed by atoms with Gasteiger partial charge in [-0.15, -0.1) is 0 Å². The number of carbonyl (C=O) groups excluding carboxylic acids is 2. The van der Waals surface area contributed by atoms with Crippen LogP contribution < -0.4 is 19.5 Å². The van der Waals surface area contributed by atoms with Crippen molar-refractivity contribution >= 4 is 23.4 Å². The standard InChI is InChI=1S/C27H25ClN2O5/c1-33-21-7-3-4-18(12-21)22-14-30(27(32)19-5-2-6-20(28)11-19)15-23(22)26(31)29-13-17-8-9-24-25(10-17)35-16-34-24/h2-12,22-23H,13-16H2,1H3,(H,29,31)/t22-,23-/m0/s1. The summed E-state index contributed by atoms with van der Waals surface area (Å²) >= 11 is 6.10. The van der Waals surface area contributed by atoms with E-state index in [0.717, 1.165) is 11.1 Å². The summed E-state index contributed by atoms with van der Waals surface area (Å²) in [6.45, 7) is 1.27. The fraction of sp³-hybridized carbons (Fsp3) is 0.259. The zero-order chi connectivity index (χ0) is 24.4. The lowest BCUT2D eigenvalue weighted by Gasteiger charge is -2.19. The molecule has 1 saturated heterocycles. The Bertz CT molecular complexity index is 1260. The van der Waals surface area contributed by atoms with Gasteiger partial charge in [0.15, 0.2) is 11.5 Å². The number of hydrogen-bond acceptors (Lipinski definition) is 5. The molecule has 3 aromatic carbocycles. The van der Waals surface area contributed by atoms with E-state index in [4.69, 9.17) is 25.8 Å². The van der Waals surface area contributed by atoms with Crippen molar-refractivity contribution in [3.63, 3.8) is 0 Å². The van der Waals surface area contributed by atoms with E-state index in [2.05, 4.69) is 5.32 Å². The number of ether oxygens (including phenoxy) is 3. The van der Waals surface area contributed by atoms with Gasteiger partial charge in [0.25, 0.3) is 5.91 Å². The molecule has 2 atom stereocenters. The number of methoxy groups -OCH3 is 1. The quantitative estimate of drug-likeness (QED) is 0.556. The highest BCUT2D eigenvalue weighted by atomic mass is 35.5. The van der Waals surface area contributed by atoms with Crippen LogP contribution in [0.25, 0.3) is 0 Å². The Labute approximate surface area is 208 Å². The minimum absolute atomic E-state index is 0.114. The first kappa shape index (κ1) is 23.1. The second kappa shape index (κ2) is 9.88. The van der Waals surface area contributed by atoms with Gasteiger partial charge in [0.1, 0.15) is 5.75 Å². The molecule has 3 aromatic rings. The topological polar surface area (TPSA) is 77.1 Å². The van der Waals surface area contributed by atoms with Gasteiger partial charge in [-0.3, -0.25) is 9.59 Å². The minimum atomic E-state index is -0.417. The maximum absolute atomic E-state index is 13.4. The van der Waals surface area contributed by atoms with Crippen LogP contribution >= 0.6 is 11.6 Å². The molecule has 0 spiro atoms. The zero-order valence-corrected chi connectivity index (χ0v) is 20.0. The van der Waals surface area contributed by atoms with Gasteiger partial charge in [-0.1, -0.05) is 35.9 Å². The lowest BCUT2D eigenvalue weighted by Crippen LogP contribution is -2.35. The van der Waals surface area contributed by atoms with E-state index in [0.29, 0.717) is 47.5 Å². The summed E-state index contributed by atoms with van der Waals surface area (Å²) in [5.74, 6) is 1.23. The van der Waals surface area contributed by atoms with Gasteiger partial charge in [-0.2, -0.15) is 0 Å². The molecule has 0 unspecified atom stereocenters. The Morgan fingerprint density at radius 3 is 2.69 bits per heavy atom. The lowest BCUT2D eigenvalue weighted by molar-refractivity contribution is -0.125. The molecule has 2 amide bonds. The Kier molecular flexibility index (Phi) is 6.51. The highest BCUT2D eigenvalue weighted by Crippen LogP contribution is 2.36. The lowest BCUT2D eigenvalue weighted by atomic mass is 9.88. The van der Waals surface area contributed by atoms with E-state index in [1.807, 2.05) is 42.5 Å². The minimum Gasteiger partial charge on any atom is -0.497 e. The van der Waals surface area contributed by atoms with Gasteiger partial charge in [0.05, 0.1) is 13.0 Å². The van der Waals surface area contributed by atoms with E-state index < -0.39 is 5.92 Å². The number of halogens is 1. The monoisotopic (exact) mass is 492 g/mol. The average Bonchev–Trinajstić information content (AvgIpc) is 3.54. The molecule has 2 heterocycles. The molecule has 2 aliphatic rings. The number of likely N-dealkylation sites (tertiary alicyclic amines) is 1. The summed E-state index contributed by atoms with van der Waals surface area (Å²) in [7, 11) is 1.61. The first-order chi connectivity index (χ1) is 17.0. The molecule has 5 rings (SSSR count). The van der Waals surface area contributed by atoms with Crippen LogP contribution in [-0.4, -0.2) is 43.7 Å². The second-order valence-electron chi connectivity index (χ2n) is 8.62. The first-order valence-electron chi connectivity index (χ1n) is 11.4. The van der Waals surface area contributed by atoms with Crippen molar-refractivity contribution in [2.75, 3.05) is 27.0 Å². The highest BCUT2D eigenvalue weighted by Gasteiger charge is 2.40. The Morgan fingerprint density at radius 2 is 1.86 bits per heavy atom. The smallest absolute Gasteiger partial charge is 0.253 e. The molecule has 1 fully saturated rings. The maximum atomic E-state index is 13.4. The molecule has 35 heavy (non-hydrogen) atoms. The number of benzene rings is 3. The van der Waals surface area contributed by atoms with Crippen molar-refractivity contribution in [2.45, 2.75) is 12.5 Å². The Hall–Kier alpha value is -3.71. The van der Waals surface area contributed by atoms with Gasteiger partial charge in [-0.25, -0.2) is 0 Å². The number of fused-ring (bicyclic) bond motifs is 1. The first-order valence-corrected chi connectivity index (χ1v) is 11.7. The number of carbonyl (C=O) groups is 2. The molecule has 0 saturated carbocycles. The molecule has 2 aliphatic heterocycles. The van der Waals surface area contributed by atoms with E-state index in [1.165, 1.54) is 0 Å². The Morgan fingerprint density at radius 1 is 1.03 bits per heavy atom. The summed E-state index contributed by atoms with van der Waals surface area (Å²) in [5.41, 5.74) is 2.36. The summed E-state index contributed by atoms with van der Waals surface area (Å²) in [6, 6.07) is 20.1. The molecule has 7 nitrogen and oxygen atoms in total. The number of amides is 2.